The Morgan fingerprint density at radius 1 is 0.878 bits per heavy atom. The highest BCUT2D eigenvalue weighted by Crippen LogP contribution is 2.31. The lowest BCUT2D eigenvalue weighted by molar-refractivity contribution is -0.140. The third-order valence-corrected chi connectivity index (χ3v) is 9.66. The lowest BCUT2D eigenvalue weighted by atomic mass is 10.1. The van der Waals surface area contributed by atoms with E-state index in [2.05, 4.69) is 5.32 Å². The molecule has 0 aromatic heterocycles. The molecule has 0 saturated heterocycles. The largest absolute Gasteiger partial charge is 0.352 e. The Hall–Kier alpha value is -2.78. The smallest absolute Gasteiger partial charge is 0.264 e. The first-order valence-electron chi connectivity index (χ1n) is 13.3. The van der Waals surface area contributed by atoms with Crippen LogP contribution < -0.4 is 9.62 Å². The number of anilines is 1. The number of carbonyl (C=O) groups is 2. The summed E-state index contributed by atoms with van der Waals surface area (Å²) in [5.74, 6) is -0.914. The maximum atomic E-state index is 14.1. The Morgan fingerprint density at radius 2 is 1.54 bits per heavy atom. The molecule has 0 unspecified atom stereocenters. The van der Waals surface area contributed by atoms with E-state index in [9.17, 15) is 18.0 Å². The zero-order valence-electron chi connectivity index (χ0n) is 23.4. The highest BCUT2D eigenvalue weighted by atomic mass is 35.5. The summed E-state index contributed by atoms with van der Waals surface area (Å²) in [6.45, 7) is 6.89. The summed E-state index contributed by atoms with van der Waals surface area (Å²) in [4.78, 5) is 28.9. The Morgan fingerprint density at radius 3 is 2.12 bits per heavy atom. The predicted octanol–water partition coefficient (Wildman–Crippen LogP) is 6.87. The van der Waals surface area contributed by atoms with Crippen LogP contribution in [-0.4, -0.2) is 43.8 Å². The SMILES string of the molecule is CC[C@@H](C)NC(=O)[C@@H](CC)N(Cc1ccccc1Cl)C(=O)CN(c1ccc(Cl)c(Cl)c1)S(=O)(=O)c1ccc(C)cc1. The molecule has 0 aliphatic rings. The molecule has 0 radical (unpaired) electrons. The quantitative estimate of drug-likeness (QED) is 0.235. The highest BCUT2D eigenvalue weighted by Gasteiger charge is 2.34. The molecule has 0 aliphatic heterocycles. The van der Waals surface area contributed by atoms with E-state index in [-0.39, 0.29) is 39.1 Å². The van der Waals surface area contributed by atoms with Crippen molar-refractivity contribution in [2.24, 2.45) is 0 Å². The van der Waals surface area contributed by atoms with E-state index in [0.29, 0.717) is 23.4 Å². The van der Waals surface area contributed by atoms with Crippen LogP contribution in [0.25, 0.3) is 0 Å². The molecular weight excluding hydrogens is 605 g/mol. The fourth-order valence-electron chi connectivity index (χ4n) is 4.18. The molecule has 2 amide bonds. The second kappa shape index (κ2) is 14.4. The number of aryl methyl sites for hydroxylation is 1. The van der Waals surface area contributed by atoms with Crippen LogP contribution in [0.15, 0.2) is 71.6 Å². The lowest BCUT2D eigenvalue weighted by Gasteiger charge is -2.34. The second-order valence-corrected chi connectivity index (χ2v) is 12.9. The van der Waals surface area contributed by atoms with Crippen LogP contribution >= 0.6 is 34.8 Å². The molecule has 0 heterocycles. The van der Waals surface area contributed by atoms with Gasteiger partial charge in [0, 0.05) is 17.6 Å². The summed E-state index contributed by atoms with van der Waals surface area (Å²) in [6, 6.07) is 16.7. The molecule has 0 bridgehead atoms. The summed E-state index contributed by atoms with van der Waals surface area (Å²) >= 11 is 18.8. The Kier molecular flexibility index (Phi) is 11.5. The number of benzene rings is 3. The van der Waals surface area contributed by atoms with Crippen molar-refractivity contribution < 1.29 is 18.0 Å². The molecule has 3 aromatic rings. The number of sulfonamides is 1. The standard InChI is InChI=1S/C30H34Cl3N3O4S/c1-5-21(4)34-30(38)28(6-2)35(18-22-9-7-8-10-25(22)31)29(37)19-36(23-13-16-26(32)27(33)17-23)41(39,40)24-14-11-20(3)12-15-24/h7-17,21,28H,5-6,18-19H2,1-4H3,(H,34,38)/t21-,28-/m1/s1. The summed E-state index contributed by atoms with van der Waals surface area (Å²) in [6.07, 6.45) is 1.01. The summed E-state index contributed by atoms with van der Waals surface area (Å²) in [5, 5.41) is 3.74. The van der Waals surface area contributed by atoms with Gasteiger partial charge in [-0.25, -0.2) is 8.42 Å². The fourth-order valence-corrected chi connectivity index (χ4v) is 6.07. The number of carbonyl (C=O) groups excluding carboxylic acids is 2. The molecule has 0 spiro atoms. The molecule has 0 fully saturated rings. The normalized spacial score (nSPS) is 12.9. The predicted molar refractivity (Wildman–Crippen MR) is 166 cm³/mol. The Bertz CT molecular complexity index is 1480. The molecule has 3 aromatic carbocycles. The maximum absolute atomic E-state index is 14.1. The van der Waals surface area contributed by atoms with E-state index in [4.69, 9.17) is 34.8 Å². The number of nitrogens with zero attached hydrogens (tertiary/aromatic N) is 2. The Balaban J connectivity index is 2.10. The topological polar surface area (TPSA) is 86.8 Å². The monoisotopic (exact) mass is 637 g/mol. The lowest BCUT2D eigenvalue weighted by Crippen LogP contribution is -2.53. The van der Waals surface area contributed by atoms with Crippen LogP contribution in [-0.2, 0) is 26.2 Å². The van der Waals surface area contributed by atoms with Crippen LogP contribution in [0.2, 0.25) is 15.1 Å². The van der Waals surface area contributed by atoms with Crippen molar-refractivity contribution in [1.29, 1.82) is 0 Å². The minimum Gasteiger partial charge on any atom is -0.352 e. The maximum Gasteiger partial charge on any atom is 0.264 e. The number of halogens is 3. The van der Waals surface area contributed by atoms with Gasteiger partial charge < -0.3 is 10.2 Å². The highest BCUT2D eigenvalue weighted by molar-refractivity contribution is 7.92. The molecule has 7 nitrogen and oxygen atoms in total. The minimum atomic E-state index is -4.23. The fraction of sp³-hybridized carbons (Fsp3) is 0.333. The van der Waals surface area contributed by atoms with Gasteiger partial charge in [0.05, 0.1) is 20.6 Å². The molecule has 3 rings (SSSR count). The molecule has 0 saturated carbocycles. The zero-order chi connectivity index (χ0) is 30.3. The van der Waals surface area contributed by atoms with Gasteiger partial charge in [0.1, 0.15) is 12.6 Å². The summed E-state index contributed by atoms with van der Waals surface area (Å²) in [7, 11) is -4.23. The molecule has 2 atom stereocenters. The van der Waals surface area contributed by atoms with E-state index in [1.807, 2.05) is 20.8 Å². The van der Waals surface area contributed by atoms with Crippen molar-refractivity contribution in [3.63, 3.8) is 0 Å². The second-order valence-electron chi connectivity index (χ2n) is 9.78. The summed E-state index contributed by atoms with van der Waals surface area (Å²) in [5.41, 5.74) is 1.66. The van der Waals surface area contributed by atoms with Gasteiger partial charge in [-0.1, -0.05) is 84.5 Å². The van der Waals surface area contributed by atoms with Crippen molar-refractivity contribution >= 4 is 62.3 Å². The van der Waals surface area contributed by atoms with Crippen molar-refractivity contribution in [2.45, 2.75) is 64.1 Å². The van der Waals surface area contributed by atoms with Gasteiger partial charge in [0.25, 0.3) is 10.0 Å². The van der Waals surface area contributed by atoms with Gasteiger partial charge in [-0.2, -0.15) is 0 Å². The average molecular weight is 639 g/mol. The van der Waals surface area contributed by atoms with Gasteiger partial charge in [-0.15, -0.1) is 0 Å². The van der Waals surface area contributed by atoms with Gasteiger partial charge in [-0.3, -0.25) is 13.9 Å². The van der Waals surface area contributed by atoms with E-state index in [1.165, 1.54) is 35.2 Å². The van der Waals surface area contributed by atoms with E-state index in [0.717, 1.165) is 9.87 Å². The average Bonchev–Trinajstić information content (AvgIpc) is 2.94. The van der Waals surface area contributed by atoms with E-state index >= 15 is 0 Å². The minimum absolute atomic E-state index is 0.00109. The van der Waals surface area contributed by atoms with Crippen LogP contribution in [0.4, 0.5) is 5.69 Å². The first kappa shape index (κ1) is 32.7. The Labute approximate surface area is 257 Å². The van der Waals surface area contributed by atoms with Crippen LogP contribution in [0.5, 0.6) is 0 Å². The van der Waals surface area contributed by atoms with Crippen molar-refractivity contribution in [3.05, 3.63) is 92.9 Å². The third kappa shape index (κ3) is 8.16. The summed E-state index contributed by atoms with van der Waals surface area (Å²) < 4.78 is 28.9. The van der Waals surface area contributed by atoms with Gasteiger partial charge in [-0.05, 0) is 68.7 Å². The van der Waals surface area contributed by atoms with E-state index < -0.39 is 28.5 Å². The zero-order valence-corrected chi connectivity index (χ0v) is 26.5. The first-order valence-corrected chi connectivity index (χ1v) is 15.8. The number of nitrogens with one attached hydrogen (secondary N) is 1. The number of hydrogen-bond acceptors (Lipinski definition) is 4. The third-order valence-electron chi connectivity index (χ3n) is 6.76. The number of hydrogen-bond donors (Lipinski definition) is 1. The van der Waals surface area contributed by atoms with Crippen molar-refractivity contribution in [3.8, 4) is 0 Å². The molecule has 220 valence electrons. The van der Waals surface area contributed by atoms with Crippen LogP contribution in [0.3, 0.4) is 0 Å². The van der Waals surface area contributed by atoms with E-state index in [1.54, 1.807) is 43.3 Å². The molecule has 11 heteroatoms. The first-order chi connectivity index (χ1) is 19.4. The van der Waals surface area contributed by atoms with Gasteiger partial charge >= 0.3 is 0 Å². The molecular formula is C30H34Cl3N3O4S. The molecule has 1 N–H and O–H groups in total. The van der Waals surface area contributed by atoms with Crippen LogP contribution in [0, 0.1) is 6.92 Å². The number of rotatable bonds is 12. The van der Waals surface area contributed by atoms with Gasteiger partial charge in [0.15, 0.2) is 0 Å². The van der Waals surface area contributed by atoms with Gasteiger partial charge in [0.2, 0.25) is 11.8 Å². The van der Waals surface area contributed by atoms with Crippen molar-refractivity contribution in [1.82, 2.24) is 10.2 Å². The molecule has 41 heavy (non-hydrogen) atoms. The van der Waals surface area contributed by atoms with Crippen molar-refractivity contribution in [2.75, 3.05) is 10.8 Å². The number of amides is 2. The van der Waals surface area contributed by atoms with Crippen LogP contribution in [0.1, 0.15) is 44.7 Å². The molecule has 0 aliphatic carbocycles.